The number of hydrogen-bond donors (Lipinski definition) is 0. The third-order valence-electron chi connectivity index (χ3n) is 21.9. The largest absolute Gasteiger partial charge is 0.311 e. The van der Waals surface area contributed by atoms with Crippen LogP contribution < -0.4 is 29.4 Å². The molecule has 0 aromatic heterocycles. The van der Waals surface area contributed by atoms with E-state index in [0.717, 1.165) is 122 Å². The Hall–Kier alpha value is -13.7. The zero-order chi connectivity index (χ0) is 80.0. The number of anilines is 18. The molecule has 6 nitrogen and oxygen atoms in total. The van der Waals surface area contributed by atoms with E-state index < -0.39 is 0 Å². The third-order valence-corrected chi connectivity index (χ3v) is 21.9. The topological polar surface area (TPSA) is 19.4 Å². The summed E-state index contributed by atoms with van der Waals surface area (Å²) in [4.78, 5) is 13.9. The lowest BCUT2D eigenvalue weighted by atomic mass is 9.98. The highest BCUT2D eigenvalue weighted by Gasteiger charge is 2.22. The second-order valence-electron chi connectivity index (χ2n) is 29.9. The van der Waals surface area contributed by atoms with Crippen LogP contribution in [0.2, 0.25) is 0 Å². The molecule has 16 aromatic rings. The molecule has 0 saturated carbocycles. The molecule has 0 aliphatic carbocycles. The van der Waals surface area contributed by atoms with Crippen LogP contribution in [0.15, 0.2) is 431 Å². The van der Waals surface area contributed by atoms with Crippen LogP contribution in [0.25, 0.3) is 11.1 Å². The Balaban J connectivity index is 0.000000144. The van der Waals surface area contributed by atoms with Gasteiger partial charge in [-0.25, -0.2) is 0 Å². The highest BCUT2D eigenvalue weighted by molar-refractivity contribution is 5.86. The van der Waals surface area contributed by atoms with E-state index in [9.17, 15) is 0 Å². The second kappa shape index (κ2) is 38.7. The molecule has 116 heavy (non-hydrogen) atoms. The lowest BCUT2D eigenvalue weighted by Crippen LogP contribution is -2.13. The van der Waals surface area contributed by atoms with Gasteiger partial charge in [-0.15, -0.1) is 0 Å². The Bertz CT molecular complexity index is 5550. The molecule has 16 rings (SSSR count). The maximum Gasteiger partial charge on any atom is 0.0482 e. The van der Waals surface area contributed by atoms with Crippen molar-refractivity contribution in [1.82, 2.24) is 0 Å². The molecule has 0 N–H and O–H groups in total. The zero-order valence-corrected chi connectivity index (χ0v) is 68.0. The average molecular weight is 1510 g/mol. The summed E-state index contributed by atoms with van der Waals surface area (Å²) in [7, 11) is 0. The van der Waals surface area contributed by atoms with Crippen molar-refractivity contribution in [2.24, 2.45) is 0 Å². The van der Waals surface area contributed by atoms with Crippen molar-refractivity contribution in [1.29, 1.82) is 0 Å². The van der Waals surface area contributed by atoms with Crippen LogP contribution in [-0.2, 0) is 0 Å². The van der Waals surface area contributed by atoms with Gasteiger partial charge in [0.25, 0.3) is 0 Å². The highest BCUT2D eigenvalue weighted by atomic mass is 15.2. The normalized spacial score (nSPS) is 11.6. The molecule has 3 atom stereocenters. The zero-order valence-electron chi connectivity index (χ0n) is 68.0. The number of hydrogen-bond acceptors (Lipinski definition) is 6. The first kappa shape index (κ1) is 79.0. The molecule has 0 heterocycles. The lowest BCUT2D eigenvalue weighted by molar-refractivity contribution is 0.733. The van der Waals surface area contributed by atoms with Gasteiger partial charge in [-0.05, 0) is 302 Å². The Labute approximate surface area is 689 Å². The van der Waals surface area contributed by atoms with E-state index in [-0.39, 0.29) is 0 Å². The van der Waals surface area contributed by atoms with Crippen molar-refractivity contribution in [3.63, 3.8) is 0 Å². The summed E-state index contributed by atoms with van der Waals surface area (Å²) in [6, 6.07) is 154. The first-order valence-electron chi connectivity index (χ1n) is 41.0. The molecule has 16 aromatic carbocycles. The molecular weight excluding hydrogens is 1410 g/mol. The maximum atomic E-state index is 2.33. The number of nitrogens with zero attached hydrogens (tertiary/aromatic N) is 6. The van der Waals surface area contributed by atoms with Gasteiger partial charge in [0.05, 0.1) is 0 Å². The van der Waals surface area contributed by atoms with Crippen LogP contribution in [0.1, 0.15) is 106 Å². The molecule has 0 amide bonds. The van der Waals surface area contributed by atoms with Gasteiger partial charge in [-0.3, -0.25) is 0 Å². The van der Waals surface area contributed by atoms with Gasteiger partial charge in [0.2, 0.25) is 0 Å². The van der Waals surface area contributed by atoms with E-state index >= 15 is 0 Å². The molecule has 0 fully saturated rings. The fourth-order valence-electron chi connectivity index (χ4n) is 14.9. The lowest BCUT2D eigenvalue weighted by Gasteiger charge is -2.29. The minimum Gasteiger partial charge on any atom is -0.311 e. The van der Waals surface area contributed by atoms with Gasteiger partial charge in [-0.1, -0.05) is 260 Å². The van der Waals surface area contributed by atoms with E-state index in [0.29, 0.717) is 17.8 Å². The van der Waals surface area contributed by atoms with Crippen LogP contribution in [0.3, 0.4) is 0 Å². The number of para-hydroxylation sites is 6. The van der Waals surface area contributed by atoms with Crippen LogP contribution in [0.4, 0.5) is 102 Å². The van der Waals surface area contributed by atoms with Gasteiger partial charge in [0.1, 0.15) is 0 Å². The Morgan fingerprint density at radius 2 is 0.328 bits per heavy atom. The molecule has 0 spiro atoms. The smallest absolute Gasteiger partial charge is 0.0482 e. The van der Waals surface area contributed by atoms with Crippen molar-refractivity contribution >= 4 is 102 Å². The quantitative estimate of drug-likeness (QED) is 0.0564. The SMILES string of the molecule is CCC(C)c1ccc(N(c2ccccc2)c2ccc(N(c3cccc(C)c3)c3cccc(C)c3)cc2)cc1.CCC(C)c1ccc(N(c2ccccc2)c2ccc(N(c3ccccc3)c3ccc(-c4ccccc4)cc3)cc2)cc1.CCC(C)c1ccc(N(c2ccccc2)c2cccc(N(c3ccccc3)c3ccccc3)c2)cc1. The molecular formula is C110H104N6. The molecule has 0 aliphatic rings. The molecule has 3 unspecified atom stereocenters. The highest BCUT2D eigenvalue weighted by Crippen LogP contribution is 2.45. The van der Waals surface area contributed by atoms with Crippen LogP contribution in [0.5, 0.6) is 0 Å². The van der Waals surface area contributed by atoms with E-state index in [1.165, 1.54) is 38.9 Å². The average Bonchev–Trinajstić information content (AvgIpc) is 0.797. The summed E-state index contributed by atoms with van der Waals surface area (Å²) in [5.41, 5.74) is 29.5. The van der Waals surface area contributed by atoms with E-state index in [1.54, 1.807) is 0 Å². The first-order chi connectivity index (χ1) is 57.0. The summed E-state index contributed by atoms with van der Waals surface area (Å²) in [5.74, 6) is 1.66. The Morgan fingerprint density at radius 3 is 0.560 bits per heavy atom. The summed E-state index contributed by atoms with van der Waals surface area (Å²) in [6.45, 7) is 17.9. The van der Waals surface area contributed by atoms with E-state index in [4.69, 9.17) is 0 Å². The fraction of sp³-hybridized carbons (Fsp3) is 0.127. The molecule has 0 saturated heterocycles. The van der Waals surface area contributed by atoms with Crippen molar-refractivity contribution in [2.45, 2.75) is 92.4 Å². The van der Waals surface area contributed by atoms with Crippen LogP contribution in [0, 0.1) is 13.8 Å². The minimum absolute atomic E-state index is 0.550. The Morgan fingerprint density at radius 1 is 0.164 bits per heavy atom. The van der Waals surface area contributed by atoms with Gasteiger partial charge in [-0.2, -0.15) is 0 Å². The van der Waals surface area contributed by atoms with E-state index in [1.807, 2.05) is 0 Å². The Kier molecular flexibility index (Phi) is 26.4. The van der Waals surface area contributed by atoms with Crippen LogP contribution in [-0.4, -0.2) is 0 Å². The first-order valence-corrected chi connectivity index (χ1v) is 41.0. The molecule has 0 aliphatic heterocycles. The maximum absolute atomic E-state index is 2.33. The predicted molar refractivity (Wildman–Crippen MR) is 498 cm³/mol. The molecule has 574 valence electrons. The van der Waals surface area contributed by atoms with Gasteiger partial charge < -0.3 is 29.4 Å². The number of benzene rings is 16. The molecule has 6 heteroatoms. The molecule has 0 bridgehead atoms. The molecule has 0 radical (unpaired) electrons. The summed E-state index contributed by atoms with van der Waals surface area (Å²) in [5, 5.41) is 0. The van der Waals surface area contributed by atoms with Crippen molar-refractivity contribution in [2.75, 3.05) is 29.4 Å². The second-order valence-corrected chi connectivity index (χ2v) is 29.9. The number of rotatable bonds is 25. The summed E-state index contributed by atoms with van der Waals surface area (Å²) in [6.07, 6.45) is 3.41. The van der Waals surface area contributed by atoms with E-state index in [2.05, 4.69) is 516 Å². The van der Waals surface area contributed by atoms with Crippen molar-refractivity contribution in [3.8, 4) is 11.1 Å². The van der Waals surface area contributed by atoms with Gasteiger partial charge >= 0.3 is 0 Å². The van der Waals surface area contributed by atoms with Crippen LogP contribution >= 0.6 is 0 Å². The standard InChI is InChI=1S/C40H36N2.C36H36N2.C34H32N2/c1-3-31(2)32-19-23-37(24-20-32)41(35-15-9-5-10-16-35)39-27-29-40(30-28-39)42(36-17-11-6-12-18-36)38-25-21-34(22-26-38)33-13-7-4-8-14-33;1-5-29(4)30-17-19-32(20-18-30)37(31-13-7-6-8-14-31)33-21-23-34(24-22-33)38(35-15-9-11-27(2)25-35)36-16-10-12-28(3)26-36;1-3-27(2)28-22-24-32(25-23-28)36(31-18-11-6-12-19-31)34-21-13-20-33(26-34)35(29-14-7-4-8-15-29)30-16-9-5-10-17-30/h4-31H,3H2,1-2H3;6-26,29H,5H2,1-4H3;4-27H,3H2,1-2H3. The minimum atomic E-state index is 0.550. The number of aryl methyl sites for hydroxylation is 2. The monoisotopic (exact) mass is 1510 g/mol. The summed E-state index contributed by atoms with van der Waals surface area (Å²) >= 11 is 0. The third kappa shape index (κ3) is 19.3. The van der Waals surface area contributed by atoms with Gasteiger partial charge in [0.15, 0.2) is 0 Å². The van der Waals surface area contributed by atoms with Crippen molar-refractivity contribution < 1.29 is 0 Å². The van der Waals surface area contributed by atoms with Crippen molar-refractivity contribution in [3.05, 3.63) is 459 Å². The summed E-state index contributed by atoms with van der Waals surface area (Å²) < 4.78 is 0. The fourth-order valence-corrected chi connectivity index (χ4v) is 14.9. The van der Waals surface area contributed by atoms with Gasteiger partial charge in [0, 0.05) is 102 Å². The predicted octanol–water partition coefficient (Wildman–Crippen LogP) is 32.7.